The van der Waals surface area contributed by atoms with Crippen molar-refractivity contribution >= 4 is 11.6 Å². The molecule has 3 nitrogen and oxygen atoms in total. The average Bonchev–Trinajstić information content (AvgIpc) is 2.31. The van der Waals surface area contributed by atoms with Gasteiger partial charge in [0.1, 0.15) is 5.82 Å². The Morgan fingerprint density at radius 2 is 2.24 bits per heavy atom. The van der Waals surface area contributed by atoms with E-state index in [9.17, 15) is 4.39 Å². The molecule has 2 unspecified atom stereocenters. The maximum absolute atomic E-state index is 13.7. The SMILES string of the molecule is CCOC(C)C(Cc1cccc(Cl)c1F)NN. The monoisotopic (exact) mass is 260 g/mol. The number of hydrogen-bond donors (Lipinski definition) is 2. The van der Waals surface area contributed by atoms with Crippen LogP contribution in [0.3, 0.4) is 0 Å². The maximum Gasteiger partial charge on any atom is 0.145 e. The highest BCUT2D eigenvalue weighted by Gasteiger charge is 2.18. The van der Waals surface area contributed by atoms with Gasteiger partial charge in [-0.05, 0) is 31.9 Å². The van der Waals surface area contributed by atoms with Crippen LogP contribution in [-0.4, -0.2) is 18.8 Å². The summed E-state index contributed by atoms with van der Waals surface area (Å²) in [5.74, 6) is 5.06. The van der Waals surface area contributed by atoms with Crippen molar-refractivity contribution in [1.29, 1.82) is 0 Å². The summed E-state index contributed by atoms with van der Waals surface area (Å²) in [5.41, 5.74) is 3.18. The van der Waals surface area contributed by atoms with Gasteiger partial charge in [0.25, 0.3) is 0 Å². The molecule has 0 amide bonds. The van der Waals surface area contributed by atoms with Crippen molar-refractivity contribution in [2.45, 2.75) is 32.4 Å². The average molecular weight is 261 g/mol. The molecular weight excluding hydrogens is 243 g/mol. The lowest BCUT2D eigenvalue weighted by molar-refractivity contribution is 0.0474. The molecule has 0 saturated heterocycles. The zero-order valence-corrected chi connectivity index (χ0v) is 10.8. The second kappa shape index (κ2) is 6.91. The molecule has 1 rings (SSSR count). The molecule has 0 bridgehead atoms. The molecule has 5 heteroatoms. The van der Waals surface area contributed by atoms with Crippen LogP contribution in [0.4, 0.5) is 4.39 Å². The first kappa shape index (κ1) is 14.4. The van der Waals surface area contributed by atoms with Crippen LogP contribution >= 0.6 is 11.6 Å². The molecule has 17 heavy (non-hydrogen) atoms. The number of halogens is 2. The zero-order chi connectivity index (χ0) is 12.8. The molecule has 96 valence electrons. The van der Waals surface area contributed by atoms with Crippen molar-refractivity contribution in [1.82, 2.24) is 5.43 Å². The quantitative estimate of drug-likeness (QED) is 0.609. The fourth-order valence-electron chi connectivity index (χ4n) is 1.68. The fraction of sp³-hybridized carbons (Fsp3) is 0.500. The van der Waals surface area contributed by atoms with Gasteiger partial charge in [0.2, 0.25) is 0 Å². The highest BCUT2D eigenvalue weighted by atomic mass is 35.5. The van der Waals surface area contributed by atoms with E-state index in [1.165, 1.54) is 6.07 Å². The van der Waals surface area contributed by atoms with E-state index in [2.05, 4.69) is 5.43 Å². The summed E-state index contributed by atoms with van der Waals surface area (Å²) in [6, 6.07) is 4.80. The van der Waals surface area contributed by atoms with E-state index in [1.807, 2.05) is 13.8 Å². The number of ether oxygens (including phenoxy) is 1. The van der Waals surface area contributed by atoms with Crippen LogP contribution in [-0.2, 0) is 11.2 Å². The standard InChI is InChI=1S/C12H18ClFN2O/c1-3-17-8(2)11(16-15)7-9-5-4-6-10(13)12(9)14/h4-6,8,11,16H,3,7,15H2,1-2H3. The van der Waals surface area contributed by atoms with Crippen LogP contribution in [0.1, 0.15) is 19.4 Å². The minimum atomic E-state index is -0.391. The molecule has 0 heterocycles. The lowest BCUT2D eigenvalue weighted by atomic mass is 10.0. The summed E-state index contributed by atoms with van der Waals surface area (Å²) in [5, 5.41) is 0.127. The first-order valence-electron chi connectivity index (χ1n) is 5.60. The van der Waals surface area contributed by atoms with Gasteiger partial charge in [0.15, 0.2) is 0 Å². The van der Waals surface area contributed by atoms with E-state index >= 15 is 0 Å². The van der Waals surface area contributed by atoms with E-state index in [0.29, 0.717) is 18.6 Å². The lowest BCUT2D eigenvalue weighted by Crippen LogP contribution is -2.45. The maximum atomic E-state index is 13.7. The van der Waals surface area contributed by atoms with Crippen LogP contribution in [0.5, 0.6) is 0 Å². The molecule has 0 aromatic heterocycles. The number of nitrogens with two attached hydrogens (primary N) is 1. The van der Waals surface area contributed by atoms with Crippen molar-refractivity contribution in [2.24, 2.45) is 5.84 Å². The van der Waals surface area contributed by atoms with E-state index in [-0.39, 0.29) is 17.2 Å². The van der Waals surface area contributed by atoms with Gasteiger partial charge in [0, 0.05) is 6.61 Å². The summed E-state index contributed by atoms with van der Waals surface area (Å²) in [4.78, 5) is 0. The van der Waals surface area contributed by atoms with E-state index < -0.39 is 5.82 Å². The molecule has 0 radical (unpaired) electrons. The van der Waals surface area contributed by atoms with Crippen LogP contribution < -0.4 is 11.3 Å². The lowest BCUT2D eigenvalue weighted by Gasteiger charge is -2.23. The zero-order valence-electron chi connectivity index (χ0n) is 10.0. The molecule has 0 aliphatic heterocycles. The van der Waals surface area contributed by atoms with Gasteiger partial charge in [-0.2, -0.15) is 0 Å². The van der Waals surface area contributed by atoms with Crippen molar-refractivity contribution < 1.29 is 9.13 Å². The minimum absolute atomic E-state index is 0.0941. The number of nitrogens with one attached hydrogen (secondary N) is 1. The number of hydrogen-bond acceptors (Lipinski definition) is 3. The molecule has 0 aliphatic rings. The van der Waals surface area contributed by atoms with Gasteiger partial charge in [-0.15, -0.1) is 0 Å². The van der Waals surface area contributed by atoms with Crippen molar-refractivity contribution in [2.75, 3.05) is 6.61 Å². The fourth-order valence-corrected chi connectivity index (χ4v) is 1.88. The molecule has 1 aromatic carbocycles. The Morgan fingerprint density at radius 1 is 1.53 bits per heavy atom. The third-order valence-corrected chi connectivity index (χ3v) is 2.97. The van der Waals surface area contributed by atoms with E-state index in [4.69, 9.17) is 22.2 Å². The van der Waals surface area contributed by atoms with Crippen LogP contribution in [0.15, 0.2) is 18.2 Å². The summed E-state index contributed by atoms with van der Waals surface area (Å²) in [7, 11) is 0. The highest BCUT2D eigenvalue weighted by molar-refractivity contribution is 6.30. The summed E-state index contributed by atoms with van der Waals surface area (Å²) in [6.07, 6.45) is 0.340. The molecule has 0 aliphatic carbocycles. The second-order valence-corrected chi connectivity index (χ2v) is 4.26. The Labute approximate surface area is 106 Å². The van der Waals surface area contributed by atoms with Gasteiger partial charge in [-0.1, -0.05) is 23.7 Å². The molecular formula is C12H18ClFN2O. The second-order valence-electron chi connectivity index (χ2n) is 3.85. The third kappa shape index (κ3) is 3.92. The first-order valence-corrected chi connectivity index (χ1v) is 5.98. The summed E-state index contributed by atoms with van der Waals surface area (Å²) < 4.78 is 19.1. The topological polar surface area (TPSA) is 47.3 Å². The van der Waals surface area contributed by atoms with Crippen LogP contribution in [0.2, 0.25) is 5.02 Å². The minimum Gasteiger partial charge on any atom is -0.377 e. The largest absolute Gasteiger partial charge is 0.377 e. The Hall–Kier alpha value is -0.680. The van der Waals surface area contributed by atoms with Crippen molar-refractivity contribution in [3.63, 3.8) is 0 Å². The highest BCUT2D eigenvalue weighted by Crippen LogP contribution is 2.19. The predicted molar refractivity (Wildman–Crippen MR) is 67.3 cm³/mol. The number of rotatable bonds is 6. The Balaban J connectivity index is 2.77. The Bertz CT molecular complexity index is 362. The van der Waals surface area contributed by atoms with Gasteiger partial charge in [-0.25, -0.2) is 4.39 Å². The van der Waals surface area contributed by atoms with Crippen molar-refractivity contribution in [3.8, 4) is 0 Å². The molecule has 0 fully saturated rings. The predicted octanol–water partition coefficient (Wildman–Crippen LogP) is 2.28. The van der Waals surface area contributed by atoms with Gasteiger partial charge in [0.05, 0.1) is 17.2 Å². The van der Waals surface area contributed by atoms with E-state index in [1.54, 1.807) is 12.1 Å². The van der Waals surface area contributed by atoms with Gasteiger partial charge < -0.3 is 4.74 Å². The molecule has 0 saturated carbocycles. The molecule has 2 atom stereocenters. The van der Waals surface area contributed by atoms with Crippen LogP contribution in [0.25, 0.3) is 0 Å². The first-order chi connectivity index (χ1) is 8.10. The van der Waals surface area contributed by atoms with E-state index in [0.717, 1.165) is 0 Å². The third-order valence-electron chi connectivity index (χ3n) is 2.68. The Kier molecular flexibility index (Phi) is 5.85. The number of benzene rings is 1. The smallest absolute Gasteiger partial charge is 0.145 e. The summed E-state index contributed by atoms with van der Waals surface area (Å²) in [6.45, 7) is 4.40. The summed E-state index contributed by atoms with van der Waals surface area (Å²) >= 11 is 5.72. The number of hydrazine groups is 1. The van der Waals surface area contributed by atoms with Crippen LogP contribution in [0, 0.1) is 5.82 Å². The molecule has 1 aromatic rings. The van der Waals surface area contributed by atoms with Crippen molar-refractivity contribution in [3.05, 3.63) is 34.6 Å². The van der Waals surface area contributed by atoms with Gasteiger partial charge in [-0.3, -0.25) is 11.3 Å². The van der Waals surface area contributed by atoms with Gasteiger partial charge >= 0.3 is 0 Å². The normalized spacial score (nSPS) is 14.6. The molecule has 3 N–H and O–H groups in total. The molecule has 0 spiro atoms. The Morgan fingerprint density at radius 3 is 2.82 bits per heavy atom.